The van der Waals surface area contributed by atoms with E-state index in [1.165, 1.54) is 17.1 Å². The molecule has 7 heteroatoms. The Morgan fingerprint density at radius 2 is 2.10 bits per heavy atom. The third kappa shape index (κ3) is 4.72. The van der Waals surface area contributed by atoms with Gasteiger partial charge < -0.3 is 5.32 Å². The lowest BCUT2D eigenvalue weighted by Gasteiger charge is -2.05. The summed E-state index contributed by atoms with van der Waals surface area (Å²) in [5.74, 6) is -0.0412. The van der Waals surface area contributed by atoms with Gasteiger partial charge in [-0.25, -0.2) is 0 Å². The third-order valence-corrected chi connectivity index (χ3v) is 2.98. The van der Waals surface area contributed by atoms with Crippen molar-refractivity contribution in [2.45, 2.75) is 19.4 Å². The SMILES string of the molecule is O=C(CCc1ccccc1)NCCn1cc([N+](=O)[O-])cn1. The van der Waals surface area contributed by atoms with Crippen LogP contribution in [0.5, 0.6) is 0 Å². The van der Waals surface area contributed by atoms with Crippen molar-refractivity contribution in [3.05, 3.63) is 58.4 Å². The van der Waals surface area contributed by atoms with Gasteiger partial charge in [0, 0.05) is 13.0 Å². The Morgan fingerprint density at radius 3 is 2.76 bits per heavy atom. The van der Waals surface area contributed by atoms with E-state index in [0.29, 0.717) is 25.9 Å². The molecule has 110 valence electrons. The van der Waals surface area contributed by atoms with Crippen LogP contribution in [0.15, 0.2) is 42.7 Å². The number of nitro groups is 1. The fourth-order valence-electron chi connectivity index (χ4n) is 1.87. The van der Waals surface area contributed by atoms with Crippen molar-refractivity contribution in [2.24, 2.45) is 0 Å². The zero-order chi connectivity index (χ0) is 15.1. The first-order valence-corrected chi connectivity index (χ1v) is 6.62. The van der Waals surface area contributed by atoms with E-state index < -0.39 is 4.92 Å². The van der Waals surface area contributed by atoms with Crippen LogP contribution < -0.4 is 5.32 Å². The van der Waals surface area contributed by atoms with Crippen LogP contribution >= 0.6 is 0 Å². The molecule has 0 aliphatic rings. The van der Waals surface area contributed by atoms with Gasteiger partial charge in [0.25, 0.3) is 0 Å². The van der Waals surface area contributed by atoms with E-state index in [1.807, 2.05) is 30.3 Å². The molecule has 0 saturated heterocycles. The number of aryl methyl sites for hydroxylation is 1. The molecule has 7 nitrogen and oxygen atoms in total. The van der Waals surface area contributed by atoms with Crippen LogP contribution in [0.1, 0.15) is 12.0 Å². The van der Waals surface area contributed by atoms with Gasteiger partial charge in [0.05, 0.1) is 11.5 Å². The van der Waals surface area contributed by atoms with Crippen molar-refractivity contribution >= 4 is 11.6 Å². The second-order valence-corrected chi connectivity index (χ2v) is 4.55. The van der Waals surface area contributed by atoms with Crippen molar-refractivity contribution in [1.29, 1.82) is 0 Å². The van der Waals surface area contributed by atoms with E-state index in [4.69, 9.17) is 0 Å². The molecular formula is C14H16N4O3. The Morgan fingerprint density at radius 1 is 1.33 bits per heavy atom. The largest absolute Gasteiger partial charge is 0.354 e. The standard InChI is InChI=1S/C14H16N4O3/c19-14(7-6-12-4-2-1-3-5-12)15-8-9-17-11-13(10-16-17)18(20)21/h1-5,10-11H,6-9H2,(H,15,19). The van der Waals surface area contributed by atoms with E-state index in [-0.39, 0.29) is 11.6 Å². The van der Waals surface area contributed by atoms with Crippen LogP contribution in [-0.2, 0) is 17.8 Å². The van der Waals surface area contributed by atoms with Gasteiger partial charge in [-0.15, -0.1) is 0 Å². The average molecular weight is 288 g/mol. The average Bonchev–Trinajstić information content (AvgIpc) is 2.95. The zero-order valence-electron chi connectivity index (χ0n) is 11.4. The second kappa shape index (κ2) is 7.18. The summed E-state index contributed by atoms with van der Waals surface area (Å²) in [5, 5.41) is 17.1. The minimum absolute atomic E-state index is 0.0412. The van der Waals surface area contributed by atoms with Crippen molar-refractivity contribution < 1.29 is 9.72 Å². The van der Waals surface area contributed by atoms with Gasteiger partial charge in [-0.1, -0.05) is 30.3 Å². The molecule has 0 bridgehead atoms. The quantitative estimate of drug-likeness (QED) is 0.618. The molecule has 0 saturated carbocycles. The number of aromatic nitrogens is 2. The highest BCUT2D eigenvalue weighted by molar-refractivity contribution is 5.76. The van der Waals surface area contributed by atoms with Gasteiger partial charge >= 0.3 is 5.69 Å². The molecule has 1 amide bonds. The van der Waals surface area contributed by atoms with E-state index in [0.717, 1.165) is 5.56 Å². The lowest BCUT2D eigenvalue weighted by atomic mass is 10.1. The topological polar surface area (TPSA) is 90.1 Å². The summed E-state index contributed by atoms with van der Waals surface area (Å²) in [7, 11) is 0. The van der Waals surface area contributed by atoms with Crippen LogP contribution in [0.2, 0.25) is 0 Å². The number of carbonyl (C=O) groups is 1. The Labute approximate surface area is 121 Å². The van der Waals surface area contributed by atoms with E-state index >= 15 is 0 Å². The summed E-state index contributed by atoms with van der Waals surface area (Å²) < 4.78 is 1.44. The van der Waals surface area contributed by atoms with Crippen LogP contribution in [0.3, 0.4) is 0 Å². The second-order valence-electron chi connectivity index (χ2n) is 4.55. The molecule has 0 unspecified atom stereocenters. The summed E-state index contributed by atoms with van der Waals surface area (Å²) in [6.45, 7) is 0.803. The fourth-order valence-corrected chi connectivity index (χ4v) is 1.87. The molecule has 1 aromatic carbocycles. The Hall–Kier alpha value is -2.70. The molecule has 21 heavy (non-hydrogen) atoms. The number of benzene rings is 1. The van der Waals surface area contributed by atoms with Crippen LogP contribution in [-0.4, -0.2) is 27.2 Å². The molecule has 2 rings (SSSR count). The van der Waals surface area contributed by atoms with E-state index in [1.54, 1.807) is 0 Å². The molecule has 0 fully saturated rings. The number of amides is 1. The number of nitrogens with one attached hydrogen (secondary N) is 1. The van der Waals surface area contributed by atoms with Crippen LogP contribution in [0.25, 0.3) is 0 Å². The van der Waals surface area contributed by atoms with Gasteiger partial charge in [0.2, 0.25) is 5.91 Å². The van der Waals surface area contributed by atoms with Gasteiger partial charge in [-0.2, -0.15) is 5.10 Å². The maximum atomic E-state index is 11.7. The first-order chi connectivity index (χ1) is 10.1. The van der Waals surface area contributed by atoms with Gasteiger partial charge in [-0.05, 0) is 12.0 Å². The van der Waals surface area contributed by atoms with Crippen molar-refractivity contribution in [3.8, 4) is 0 Å². The normalized spacial score (nSPS) is 10.3. The predicted octanol–water partition coefficient (Wildman–Crippen LogP) is 1.54. The molecule has 1 aromatic heterocycles. The maximum Gasteiger partial charge on any atom is 0.306 e. The number of rotatable bonds is 7. The number of carbonyl (C=O) groups excluding carboxylic acids is 1. The smallest absolute Gasteiger partial charge is 0.306 e. The number of hydrogen-bond donors (Lipinski definition) is 1. The molecule has 0 atom stereocenters. The highest BCUT2D eigenvalue weighted by atomic mass is 16.6. The first kappa shape index (κ1) is 14.7. The zero-order valence-corrected chi connectivity index (χ0v) is 11.4. The number of nitrogens with zero attached hydrogens (tertiary/aromatic N) is 3. The summed E-state index contributed by atoms with van der Waals surface area (Å²) in [6, 6.07) is 9.79. The summed E-state index contributed by atoms with van der Waals surface area (Å²) in [6.07, 6.45) is 3.65. The van der Waals surface area contributed by atoms with Gasteiger partial charge in [-0.3, -0.25) is 19.6 Å². The minimum Gasteiger partial charge on any atom is -0.354 e. The van der Waals surface area contributed by atoms with Crippen molar-refractivity contribution in [1.82, 2.24) is 15.1 Å². The highest BCUT2D eigenvalue weighted by Crippen LogP contribution is 2.07. The summed E-state index contributed by atoms with van der Waals surface area (Å²) in [4.78, 5) is 21.7. The van der Waals surface area contributed by atoms with Crippen molar-refractivity contribution in [3.63, 3.8) is 0 Å². The first-order valence-electron chi connectivity index (χ1n) is 6.62. The molecular weight excluding hydrogens is 272 g/mol. The molecule has 0 aliphatic carbocycles. The lowest BCUT2D eigenvalue weighted by molar-refractivity contribution is -0.385. The van der Waals surface area contributed by atoms with Gasteiger partial charge in [0.1, 0.15) is 12.4 Å². The Kier molecular flexibility index (Phi) is 5.03. The highest BCUT2D eigenvalue weighted by Gasteiger charge is 2.08. The monoisotopic (exact) mass is 288 g/mol. The molecule has 0 radical (unpaired) electrons. The van der Waals surface area contributed by atoms with Crippen molar-refractivity contribution in [2.75, 3.05) is 6.54 Å². The molecule has 0 spiro atoms. The maximum absolute atomic E-state index is 11.7. The summed E-state index contributed by atoms with van der Waals surface area (Å²) in [5.41, 5.74) is 1.07. The van der Waals surface area contributed by atoms with E-state index in [9.17, 15) is 14.9 Å². The Bertz CT molecular complexity index is 610. The predicted molar refractivity (Wildman–Crippen MR) is 76.7 cm³/mol. The molecule has 0 aliphatic heterocycles. The lowest BCUT2D eigenvalue weighted by Crippen LogP contribution is -2.27. The Balaban J connectivity index is 1.68. The van der Waals surface area contributed by atoms with Crippen LogP contribution in [0, 0.1) is 10.1 Å². The molecule has 1 N–H and O–H groups in total. The number of hydrogen-bond acceptors (Lipinski definition) is 4. The van der Waals surface area contributed by atoms with Crippen LogP contribution in [0.4, 0.5) is 5.69 Å². The van der Waals surface area contributed by atoms with Gasteiger partial charge in [0.15, 0.2) is 0 Å². The third-order valence-electron chi connectivity index (χ3n) is 2.98. The van der Waals surface area contributed by atoms with E-state index in [2.05, 4.69) is 10.4 Å². The summed E-state index contributed by atoms with van der Waals surface area (Å²) >= 11 is 0. The fraction of sp³-hybridized carbons (Fsp3) is 0.286. The molecule has 1 heterocycles. The minimum atomic E-state index is -0.498. The molecule has 2 aromatic rings.